The molecule has 68 heavy (non-hydrogen) atoms. The Morgan fingerprint density at radius 2 is 0.426 bits per heavy atom. The molecule has 6 aliphatic rings. The van der Waals surface area contributed by atoms with Gasteiger partial charge in [0.25, 0.3) is 0 Å². The molecule has 14 rings (SSSR count). The van der Waals surface area contributed by atoms with Crippen molar-refractivity contribution < 1.29 is 36.7 Å². The summed E-state index contributed by atoms with van der Waals surface area (Å²) in [4.78, 5) is 55.5. The van der Waals surface area contributed by atoms with Crippen LogP contribution in [0.4, 0.5) is 17.6 Å². The molecule has 0 heterocycles. The van der Waals surface area contributed by atoms with E-state index in [1.165, 1.54) is 48.5 Å². The Bertz CT molecular complexity index is 3040. The molecule has 8 aromatic carbocycles. The third-order valence-electron chi connectivity index (χ3n) is 16.6. The number of hydrogen-bond donors (Lipinski definition) is 0. The Morgan fingerprint density at radius 3 is 0.618 bits per heavy atom. The lowest BCUT2D eigenvalue weighted by Gasteiger charge is -2.64. The number of ketones is 4. The van der Waals surface area contributed by atoms with Crippen LogP contribution in [0.15, 0.2) is 194 Å². The molecule has 8 heteroatoms. The minimum absolute atomic E-state index is 0.0659. The van der Waals surface area contributed by atoms with E-state index < -0.39 is 45.3 Å². The zero-order valence-corrected chi connectivity index (χ0v) is 35.9. The molecule has 0 N–H and O–H groups in total. The lowest BCUT2D eigenvalue weighted by Crippen LogP contribution is -2.70. The van der Waals surface area contributed by atoms with Crippen LogP contribution in [-0.2, 0) is 21.7 Å². The van der Waals surface area contributed by atoms with Gasteiger partial charge in [0.05, 0.1) is 0 Å². The monoisotopic (exact) mass is 896 g/mol. The largest absolute Gasteiger partial charge is 0.294 e. The highest BCUT2D eigenvalue weighted by atomic mass is 19.1. The molecule has 2 fully saturated rings. The van der Waals surface area contributed by atoms with Gasteiger partial charge in [0.15, 0.2) is 23.1 Å². The summed E-state index contributed by atoms with van der Waals surface area (Å²) in [6.07, 6.45) is 0. The normalized spacial score (nSPS) is 28.1. The number of hydrogen-bond acceptors (Lipinski definition) is 4. The van der Waals surface area contributed by atoms with E-state index in [2.05, 4.69) is 0 Å². The zero-order chi connectivity index (χ0) is 46.5. The maximum absolute atomic E-state index is 14.1. The lowest BCUT2D eigenvalue weighted by atomic mass is 9.34. The van der Waals surface area contributed by atoms with Gasteiger partial charge >= 0.3 is 0 Å². The Morgan fingerprint density at radius 1 is 0.250 bits per heavy atom. The van der Waals surface area contributed by atoms with Gasteiger partial charge < -0.3 is 0 Å². The summed E-state index contributed by atoms with van der Waals surface area (Å²) in [5, 5.41) is 0. The highest BCUT2D eigenvalue weighted by Gasteiger charge is 2.84. The fraction of sp³-hybridized carbons (Fsp3) is 0.133. The molecule has 6 aliphatic carbocycles. The van der Waals surface area contributed by atoms with E-state index in [0.29, 0.717) is 22.3 Å². The predicted octanol–water partition coefficient (Wildman–Crippen LogP) is 11.8. The van der Waals surface area contributed by atoms with Crippen molar-refractivity contribution in [2.24, 2.45) is 23.7 Å². The molecule has 4 nitrogen and oxygen atoms in total. The van der Waals surface area contributed by atoms with Crippen molar-refractivity contribution in [3.63, 3.8) is 0 Å². The average Bonchev–Trinajstić information content (AvgIpc) is 3.90. The van der Waals surface area contributed by atoms with Gasteiger partial charge in [0.1, 0.15) is 23.3 Å². The van der Waals surface area contributed by atoms with Gasteiger partial charge in [-0.3, -0.25) is 19.2 Å². The number of benzene rings is 8. The van der Waals surface area contributed by atoms with Crippen molar-refractivity contribution in [2.45, 2.75) is 21.7 Å². The topological polar surface area (TPSA) is 68.3 Å². The first-order valence-electron chi connectivity index (χ1n) is 22.6. The minimum Gasteiger partial charge on any atom is -0.294 e. The molecule has 328 valence electrons. The van der Waals surface area contributed by atoms with Crippen molar-refractivity contribution in [3.8, 4) is 0 Å². The Balaban J connectivity index is 0.000000134. The summed E-state index contributed by atoms with van der Waals surface area (Å²) < 4.78 is 56.2. The van der Waals surface area contributed by atoms with Crippen LogP contribution in [0.2, 0.25) is 0 Å². The molecule has 0 unspecified atom stereocenters. The molecular weight excluding hydrogens is 861 g/mol. The lowest BCUT2D eigenvalue weighted by molar-refractivity contribution is 0.00353. The van der Waals surface area contributed by atoms with E-state index in [-0.39, 0.29) is 46.4 Å². The summed E-state index contributed by atoms with van der Waals surface area (Å²) in [6, 6.07) is 55.0. The van der Waals surface area contributed by atoms with Crippen LogP contribution in [0.3, 0.4) is 0 Å². The van der Waals surface area contributed by atoms with Gasteiger partial charge in [0.2, 0.25) is 0 Å². The van der Waals surface area contributed by atoms with Crippen LogP contribution in [0.1, 0.15) is 85.9 Å². The molecule has 0 spiro atoms. The highest BCUT2D eigenvalue weighted by Crippen LogP contribution is 2.79. The van der Waals surface area contributed by atoms with Crippen molar-refractivity contribution in [1.82, 2.24) is 0 Å². The maximum Gasteiger partial charge on any atom is 0.168 e. The first-order valence-corrected chi connectivity index (χ1v) is 22.6. The van der Waals surface area contributed by atoms with Gasteiger partial charge in [-0.25, -0.2) is 17.6 Å². The Labute approximate surface area is 387 Å². The molecule has 0 saturated heterocycles. The smallest absolute Gasteiger partial charge is 0.168 e. The van der Waals surface area contributed by atoms with Crippen molar-refractivity contribution in [2.75, 3.05) is 0 Å². The van der Waals surface area contributed by atoms with Crippen LogP contribution < -0.4 is 0 Å². The minimum atomic E-state index is -0.918. The molecule has 8 aromatic rings. The Kier molecular flexibility index (Phi) is 8.24. The number of carbonyl (C=O) groups is 4. The molecule has 0 aromatic heterocycles. The summed E-state index contributed by atoms with van der Waals surface area (Å²) in [7, 11) is 0. The van der Waals surface area contributed by atoms with Crippen molar-refractivity contribution in [3.05, 3.63) is 284 Å². The van der Waals surface area contributed by atoms with Gasteiger partial charge in [-0.1, -0.05) is 146 Å². The second-order valence-corrected chi connectivity index (χ2v) is 18.8. The maximum atomic E-state index is 14.1. The van der Waals surface area contributed by atoms with Gasteiger partial charge in [-0.15, -0.1) is 0 Å². The van der Waals surface area contributed by atoms with Crippen LogP contribution in [0.25, 0.3) is 0 Å². The number of Topliss-reactive ketones (excluding diaryl/α,β-unsaturated/α-hetero) is 4. The number of rotatable bonds is 4. The van der Waals surface area contributed by atoms with Crippen molar-refractivity contribution in [1.29, 1.82) is 0 Å². The van der Waals surface area contributed by atoms with E-state index in [1.54, 1.807) is 48.5 Å². The first kappa shape index (κ1) is 40.4. The molecule has 0 aliphatic heterocycles. The SMILES string of the molecule is O=C1c2ccccc2[C@@]2(c3ccc(F)cc3)[C@@H]1[C@@H]1C(=O)c3ccccc3[C@@]12c1ccc(F)cc1.O=C1c2ccccc2[C@]2(c3ccc(F)cc3)[C@H]1[C@H]1C(=O)c3ccccc3[C@]12c1ccc(F)cc1. The molecule has 8 atom stereocenters. The van der Waals surface area contributed by atoms with Crippen molar-refractivity contribution >= 4 is 23.1 Å². The molecule has 0 amide bonds. The molecule has 0 radical (unpaired) electrons. The van der Waals surface area contributed by atoms with E-state index in [1.807, 2.05) is 97.1 Å². The summed E-state index contributed by atoms with van der Waals surface area (Å²) in [6.45, 7) is 0. The standard InChI is InChI=1S/2C30H18F2O2/c2*31-19-13-9-17(10-14-19)29-23-7-3-1-5-21(23)27(33)25(29)26-28(34)22-6-2-4-8-24(22)30(26,29)18-11-15-20(32)16-12-18/h2*1-16,25-26H/t2*25-,26-,29+,30+/m10/s1. The summed E-state index contributed by atoms with van der Waals surface area (Å²) in [5.41, 5.74) is 5.17. The van der Waals surface area contributed by atoms with E-state index in [9.17, 15) is 36.7 Å². The van der Waals surface area contributed by atoms with Crippen LogP contribution in [0.5, 0.6) is 0 Å². The highest BCUT2D eigenvalue weighted by molar-refractivity contribution is 6.18. The average molecular weight is 897 g/mol. The van der Waals surface area contributed by atoms with Crippen LogP contribution >= 0.6 is 0 Å². The quantitative estimate of drug-likeness (QED) is 0.165. The Hall–Kier alpha value is -7.84. The second-order valence-electron chi connectivity index (χ2n) is 18.8. The number of fused-ring (bicyclic) bond motifs is 16. The fourth-order valence-electron chi connectivity index (χ4n) is 14.6. The first-order chi connectivity index (χ1) is 33.0. The molecule has 0 bridgehead atoms. The van der Waals surface area contributed by atoms with E-state index >= 15 is 0 Å². The third-order valence-corrected chi connectivity index (χ3v) is 16.6. The summed E-state index contributed by atoms with van der Waals surface area (Å²) >= 11 is 0. The van der Waals surface area contributed by atoms with Crippen LogP contribution in [-0.4, -0.2) is 23.1 Å². The second kappa shape index (κ2) is 13.9. The zero-order valence-electron chi connectivity index (χ0n) is 35.9. The summed E-state index contributed by atoms with van der Waals surface area (Å²) in [5.74, 6) is -4.25. The number of carbonyl (C=O) groups excluding carboxylic acids is 4. The fourth-order valence-corrected chi connectivity index (χ4v) is 14.6. The molecular formula is C60H36F4O4. The predicted molar refractivity (Wildman–Crippen MR) is 246 cm³/mol. The van der Waals surface area contributed by atoms with E-state index in [4.69, 9.17) is 0 Å². The third kappa shape index (κ3) is 4.47. The van der Waals surface area contributed by atoms with Gasteiger partial charge in [-0.05, 0) is 93.0 Å². The van der Waals surface area contributed by atoms with Gasteiger partial charge in [0, 0.05) is 67.6 Å². The van der Waals surface area contributed by atoms with E-state index in [0.717, 1.165) is 44.5 Å². The molecule has 2 saturated carbocycles. The van der Waals surface area contributed by atoms with Gasteiger partial charge in [-0.2, -0.15) is 0 Å². The number of halogens is 4. The van der Waals surface area contributed by atoms with Crippen LogP contribution in [0, 0.1) is 46.9 Å².